The van der Waals surface area contributed by atoms with E-state index in [2.05, 4.69) is 5.32 Å². The van der Waals surface area contributed by atoms with Crippen molar-refractivity contribution >= 4 is 22.7 Å². The van der Waals surface area contributed by atoms with Gasteiger partial charge in [-0.1, -0.05) is 30.3 Å². The number of amides is 1. The zero-order valence-corrected chi connectivity index (χ0v) is 15.0. The van der Waals surface area contributed by atoms with Crippen LogP contribution in [0.25, 0.3) is 11.1 Å². The quantitative estimate of drug-likeness (QED) is 0.451. The monoisotopic (exact) mass is 384 g/mol. The van der Waals surface area contributed by atoms with Gasteiger partial charge in [0.15, 0.2) is 5.58 Å². The summed E-state index contributed by atoms with van der Waals surface area (Å²) in [5, 5.41) is 13.6. The van der Waals surface area contributed by atoms with Crippen LogP contribution in [0.1, 0.15) is 24.4 Å². The van der Waals surface area contributed by atoms with Crippen LogP contribution in [0.5, 0.6) is 0 Å². The van der Waals surface area contributed by atoms with Crippen molar-refractivity contribution in [3.8, 4) is 0 Å². The van der Waals surface area contributed by atoms with Gasteiger partial charge in [0, 0.05) is 31.6 Å². The van der Waals surface area contributed by atoms with Gasteiger partial charge in [0.25, 0.3) is 5.69 Å². The van der Waals surface area contributed by atoms with Crippen molar-refractivity contribution in [1.82, 2.24) is 9.88 Å². The Balaban J connectivity index is 1.53. The second-order valence-electron chi connectivity index (χ2n) is 6.35. The van der Waals surface area contributed by atoms with Crippen LogP contribution in [-0.2, 0) is 11.3 Å². The Kier molecular flexibility index (Phi) is 5.85. The molecular weight excluding hydrogens is 364 g/mol. The number of carbonyl (C=O) groups excluding carboxylic acids is 1. The fourth-order valence-corrected chi connectivity index (χ4v) is 2.91. The summed E-state index contributed by atoms with van der Waals surface area (Å²) < 4.78 is 6.42. The van der Waals surface area contributed by atoms with Crippen molar-refractivity contribution in [1.29, 1.82) is 0 Å². The van der Waals surface area contributed by atoms with Crippen molar-refractivity contribution in [2.45, 2.75) is 25.4 Å². The van der Waals surface area contributed by atoms with E-state index in [-0.39, 0.29) is 36.2 Å². The molecule has 1 amide bonds. The van der Waals surface area contributed by atoms with Gasteiger partial charge >= 0.3 is 5.76 Å². The molecule has 0 aliphatic carbocycles. The molecule has 3 aromatic rings. The number of aromatic nitrogens is 1. The van der Waals surface area contributed by atoms with Gasteiger partial charge in [-0.3, -0.25) is 19.5 Å². The highest BCUT2D eigenvalue weighted by Gasteiger charge is 2.14. The third-order valence-corrected chi connectivity index (χ3v) is 4.40. The number of hydrogen-bond acceptors (Lipinski definition) is 6. The number of nitro benzene ring substituents is 1. The number of fused-ring (bicyclic) bond motifs is 1. The molecule has 1 heterocycles. The van der Waals surface area contributed by atoms with Crippen LogP contribution in [0, 0.1) is 10.1 Å². The average Bonchev–Trinajstić information content (AvgIpc) is 3.01. The smallest absolute Gasteiger partial charge is 0.407 e. The zero-order valence-electron chi connectivity index (χ0n) is 15.0. The lowest BCUT2D eigenvalue weighted by Gasteiger charge is -2.13. The molecule has 1 aromatic heterocycles. The van der Waals surface area contributed by atoms with Crippen molar-refractivity contribution in [3.05, 3.63) is 74.8 Å². The maximum absolute atomic E-state index is 12.0. The average molecular weight is 384 g/mol. The lowest BCUT2D eigenvalue weighted by atomic mass is 10.1. The maximum atomic E-state index is 12.0. The molecule has 0 fully saturated rings. The summed E-state index contributed by atoms with van der Waals surface area (Å²) in [6.45, 7) is 0.586. The fourth-order valence-electron chi connectivity index (χ4n) is 2.91. The molecule has 1 atom stereocenters. The van der Waals surface area contributed by atoms with Gasteiger partial charge in [-0.15, -0.1) is 0 Å². The van der Waals surface area contributed by atoms with Gasteiger partial charge in [-0.2, -0.15) is 0 Å². The van der Waals surface area contributed by atoms with E-state index in [4.69, 9.17) is 10.2 Å². The Labute approximate surface area is 159 Å². The third-order valence-electron chi connectivity index (χ3n) is 4.40. The molecule has 1 unspecified atom stereocenters. The lowest BCUT2D eigenvalue weighted by molar-refractivity contribution is -0.384. The number of aryl methyl sites for hydroxylation is 1. The Hall–Kier alpha value is -3.46. The molecule has 0 aliphatic rings. The molecule has 3 N–H and O–H groups in total. The van der Waals surface area contributed by atoms with Crippen LogP contribution in [0.4, 0.5) is 5.69 Å². The highest BCUT2D eigenvalue weighted by atomic mass is 16.6. The number of carbonyl (C=O) groups is 1. The van der Waals surface area contributed by atoms with E-state index in [1.807, 2.05) is 30.3 Å². The van der Waals surface area contributed by atoms with E-state index in [9.17, 15) is 19.7 Å². The van der Waals surface area contributed by atoms with Gasteiger partial charge < -0.3 is 15.5 Å². The summed E-state index contributed by atoms with van der Waals surface area (Å²) in [5.74, 6) is -0.773. The lowest BCUT2D eigenvalue weighted by Crippen LogP contribution is -2.32. The van der Waals surface area contributed by atoms with Crippen LogP contribution in [0.15, 0.2) is 57.7 Å². The minimum absolute atomic E-state index is 0.150. The summed E-state index contributed by atoms with van der Waals surface area (Å²) >= 11 is 0. The summed E-state index contributed by atoms with van der Waals surface area (Å²) in [6.07, 6.45) is 0.630. The van der Waals surface area contributed by atoms with E-state index in [0.717, 1.165) is 5.56 Å². The van der Waals surface area contributed by atoms with E-state index in [1.54, 1.807) is 0 Å². The van der Waals surface area contributed by atoms with Gasteiger partial charge in [-0.05, 0) is 18.1 Å². The SMILES string of the molecule is NC(CNC(=O)CCCn1c(=O)oc2cc([N+](=O)[O-])ccc21)c1ccccc1. The van der Waals surface area contributed by atoms with E-state index in [1.165, 1.54) is 22.8 Å². The molecule has 28 heavy (non-hydrogen) atoms. The first-order valence-electron chi connectivity index (χ1n) is 8.80. The number of non-ortho nitro benzene ring substituents is 1. The van der Waals surface area contributed by atoms with Gasteiger partial charge in [-0.25, -0.2) is 4.79 Å². The predicted molar refractivity (Wildman–Crippen MR) is 103 cm³/mol. The molecule has 0 saturated heterocycles. The number of hydrogen-bond donors (Lipinski definition) is 2. The van der Waals surface area contributed by atoms with Gasteiger partial charge in [0.1, 0.15) is 0 Å². The van der Waals surface area contributed by atoms with Crippen LogP contribution in [0.3, 0.4) is 0 Å². The molecular formula is C19H20N4O5. The van der Waals surface area contributed by atoms with Gasteiger partial charge in [0.05, 0.1) is 16.5 Å². The Morgan fingerprint density at radius 1 is 1.25 bits per heavy atom. The molecule has 0 spiro atoms. The van der Waals surface area contributed by atoms with Crippen molar-refractivity contribution in [2.75, 3.05) is 6.54 Å². The van der Waals surface area contributed by atoms with Crippen LogP contribution in [-0.4, -0.2) is 21.9 Å². The summed E-state index contributed by atoms with van der Waals surface area (Å²) in [5.41, 5.74) is 7.44. The normalized spacial score (nSPS) is 12.0. The number of nitrogens with zero attached hydrogens (tertiary/aromatic N) is 2. The topological polar surface area (TPSA) is 133 Å². The first-order valence-corrected chi connectivity index (χ1v) is 8.80. The molecule has 0 aliphatic heterocycles. The highest BCUT2D eigenvalue weighted by molar-refractivity contribution is 5.76. The molecule has 2 aromatic carbocycles. The van der Waals surface area contributed by atoms with Crippen LogP contribution in [0.2, 0.25) is 0 Å². The molecule has 0 radical (unpaired) electrons. The van der Waals surface area contributed by atoms with E-state index in [0.29, 0.717) is 18.5 Å². The minimum Gasteiger partial charge on any atom is -0.407 e. The number of nitrogens with two attached hydrogens (primary N) is 1. The van der Waals surface area contributed by atoms with Crippen molar-refractivity contribution in [2.24, 2.45) is 5.73 Å². The minimum atomic E-state index is -0.609. The predicted octanol–water partition coefficient (Wildman–Crippen LogP) is 2.10. The number of rotatable bonds is 8. The molecule has 0 bridgehead atoms. The van der Waals surface area contributed by atoms with E-state index < -0.39 is 10.7 Å². The standard InChI is InChI=1S/C19H20N4O5/c20-15(13-5-2-1-3-6-13)12-21-18(24)7-4-10-22-16-9-8-14(23(26)27)11-17(16)28-19(22)25/h1-3,5-6,8-9,11,15H,4,7,10,12,20H2,(H,21,24). The first-order chi connectivity index (χ1) is 13.5. The second kappa shape index (κ2) is 8.49. The molecule has 9 heteroatoms. The Morgan fingerprint density at radius 3 is 2.71 bits per heavy atom. The first kappa shape index (κ1) is 19.3. The van der Waals surface area contributed by atoms with Crippen molar-refractivity contribution in [3.63, 3.8) is 0 Å². The molecule has 3 rings (SSSR count). The fraction of sp³-hybridized carbons (Fsp3) is 0.263. The third kappa shape index (κ3) is 4.44. The number of nitro groups is 1. The van der Waals surface area contributed by atoms with Crippen molar-refractivity contribution < 1.29 is 14.1 Å². The van der Waals surface area contributed by atoms with E-state index >= 15 is 0 Å². The molecule has 146 valence electrons. The molecule has 0 saturated carbocycles. The van der Waals surface area contributed by atoms with Crippen LogP contribution >= 0.6 is 0 Å². The Bertz CT molecular complexity index is 1040. The maximum Gasteiger partial charge on any atom is 0.419 e. The number of oxazole rings is 1. The number of nitrogens with one attached hydrogen (secondary N) is 1. The van der Waals surface area contributed by atoms with Gasteiger partial charge in [0.2, 0.25) is 5.91 Å². The Morgan fingerprint density at radius 2 is 2.00 bits per heavy atom. The summed E-state index contributed by atoms with van der Waals surface area (Å²) in [7, 11) is 0. The largest absolute Gasteiger partial charge is 0.419 e. The summed E-state index contributed by atoms with van der Waals surface area (Å²) in [4.78, 5) is 34.3. The number of benzene rings is 2. The zero-order chi connectivity index (χ0) is 20.1. The molecule has 9 nitrogen and oxygen atoms in total. The van der Waals surface area contributed by atoms with Crippen LogP contribution < -0.4 is 16.8 Å². The summed E-state index contributed by atoms with van der Waals surface area (Å²) in [6, 6.07) is 13.2. The highest BCUT2D eigenvalue weighted by Crippen LogP contribution is 2.20. The second-order valence-corrected chi connectivity index (χ2v) is 6.35.